The summed E-state index contributed by atoms with van der Waals surface area (Å²) in [6.07, 6.45) is 7.31. The first kappa shape index (κ1) is 13.2. The molecular weight excluding hydrogens is 347 g/mol. The van der Waals surface area contributed by atoms with Gasteiger partial charge in [-0.3, -0.25) is 8.97 Å². The maximum Gasteiger partial charge on any atom is 0.145 e. The fourth-order valence-electron chi connectivity index (χ4n) is 2.41. The maximum absolute atomic E-state index is 13.1. The molecule has 0 saturated heterocycles. The van der Waals surface area contributed by atoms with Gasteiger partial charge in [0.15, 0.2) is 0 Å². The van der Waals surface area contributed by atoms with Crippen LogP contribution in [0.2, 0.25) is 0 Å². The van der Waals surface area contributed by atoms with E-state index in [1.165, 1.54) is 12.1 Å². The third-order valence-corrected chi connectivity index (χ3v) is 4.05. The van der Waals surface area contributed by atoms with Crippen LogP contribution in [0.15, 0.2) is 65.8 Å². The minimum atomic E-state index is -0.255. The normalized spacial score (nSPS) is 11.2. The van der Waals surface area contributed by atoms with Crippen molar-refractivity contribution >= 4 is 21.6 Å². The van der Waals surface area contributed by atoms with Gasteiger partial charge in [-0.05, 0) is 52.3 Å². The number of benzene rings is 1. The van der Waals surface area contributed by atoms with Crippen molar-refractivity contribution in [3.8, 4) is 17.1 Å². The molecule has 0 spiro atoms. The fraction of sp³-hybridized carbons (Fsp3) is 0. The van der Waals surface area contributed by atoms with Gasteiger partial charge < -0.3 is 0 Å². The predicted molar refractivity (Wildman–Crippen MR) is 85.4 cm³/mol. The van der Waals surface area contributed by atoms with E-state index in [4.69, 9.17) is 0 Å². The molecule has 3 aromatic heterocycles. The molecule has 0 aliphatic rings. The van der Waals surface area contributed by atoms with Gasteiger partial charge in [0.1, 0.15) is 21.9 Å². The Balaban J connectivity index is 1.87. The first-order valence-corrected chi connectivity index (χ1v) is 7.44. The van der Waals surface area contributed by atoms with Crippen molar-refractivity contribution in [2.24, 2.45) is 0 Å². The highest BCUT2D eigenvalue weighted by Crippen LogP contribution is 2.23. The van der Waals surface area contributed by atoms with Crippen LogP contribution in [0.5, 0.6) is 0 Å². The molecule has 108 valence electrons. The smallest absolute Gasteiger partial charge is 0.145 e. The monoisotopic (exact) mass is 356 g/mol. The molecule has 0 atom stereocenters. The van der Waals surface area contributed by atoms with E-state index in [9.17, 15) is 4.39 Å². The molecule has 1 aromatic carbocycles. The van der Waals surface area contributed by atoms with Crippen molar-refractivity contribution in [1.82, 2.24) is 18.9 Å². The Morgan fingerprint density at radius 3 is 2.64 bits per heavy atom. The average Bonchev–Trinajstić information content (AvgIpc) is 3.15. The first-order valence-electron chi connectivity index (χ1n) is 6.65. The van der Waals surface area contributed by atoms with Crippen molar-refractivity contribution in [3.63, 3.8) is 0 Å². The summed E-state index contributed by atoms with van der Waals surface area (Å²) in [6, 6.07) is 10.2. The molecular formula is C16H10BrFN4. The average molecular weight is 357 g/mol. The highest BCUT2D eigenvalue weighted by molar-refractivity contribution is 9.10. The van der Waals surface area contributed by atoms with E-state index in [2.05, 4.69) is 25.9 Å². The van der Waals surface area contributed by atoms with E-state index in [1.807, 2.05) is 33.5 Å². The van der Waals surface area contributed by atoms with Gasteiger partial charge in [-0.25, -0.2) is 14.4 Å². The van der Waals surface area contributed by atoms with Gasteiger partial charge in [-0.15, -0.1) is 0 Å². The van der Waals surface area contributed by atoms with Crippen LogP contribution in [-0.4, -0.2) is 18.9 Å². The SMILES string of the molecule is Fc1ccc(-n2ccnc2-c2ccc3ncc(Br)n3c2)cc1. The summed E-state index contributed by atoms with van der Waals surface area (Å²) in [5, 5.41) is 0. The lowest BCUT2D eigenvalue weighted by molar-refractivity contribution is 0.627. The molecule has 0 aliphatic carbocycles. The molecule has 4 aromatic rings. The minimum Gasteiger partial charge on any atom is -0.300 e. The molecule has 4 rings (SSSR count). The van der Waals surface area contributed by atoms with E-state index < -0.39 is 0 Å². The summed E-state index contributed by atoms with van der Waals surface area (Å²) in [6.45, 7) is 0. The minimum absolute atomic E-state index is 0.255. The van der Waals surface area contributed by atoms with E-state index in [0.29, 0.717) is 0 Å². The van der Waals surface area contributed by atoms with Crippen molar-refractivity contribution < 1.29 is 4.39 Å². The second kappa shape index (κ2) is 5.06. The van der Waals surface area contributed by atoms with E-state index in [1.54, 1.807) is 24.5 Å². The quantitative estimate of drug-likeness (QED) is 0.542. The zero-order chi connectivity index (χ0) is 15.1. The second-order valence-electron chi connectivity index (χ2n) is 4.82. The van der Waals surface area contributed by atoms with Crippen LogP contribution in [0.1, 0.15) is 0 Å². The van der Waals surface area contributed by atoms with Gasteiger partial charge in [0.25, 0.3) is 0 Å². The number of pyridine rings is 1. The van der Waals surface area contributed by atoms with Crippen LogP contribution in [0.4, 0.5) is 4.39 Å². The summed E-state index contributed by atoms with van der Waals surface area (Å²) < 4.78 is 17.8. The Kier molecular flexibility index (Phi) is 3.04. The van der Waals surface area contributed by atoms with Gasteiger partial charge in [-0.1, -0.05) is 0 Å². The number of nitrogens with zero attached hydrogens (tertiary/aromatic N) is 4. The third kappa shape index (κ3) is 2.12. The summed E-state index contributed by atoms with van der Waals surface area (Å²) in [4.78, 5) is 8.70. The number of hydrogen-bond donors (Lipinski definition) is 0. The molecule has 0 unspecified atom stereocenters. The molecule has 0 aliphatic heterocycles. The zero-order valence-corrected chi connectivity index (χ0v) is 12.9. The summed E-state index contributed by atoms with van der Waals surface area (Å²) >= 11 is 3.47. The molecule has 3 heterocycles. The van der Waals surface area contributed by atoms with Crippen molar-refractivity contribution in [2.75, 3.05) is 0 Å². The lowest BCUT2D eigenvalue weighted by Gasteiger charge is -2.08. The molecule has 0 amide bonds. The van der Waals surface area contributed by atoms with Crippen LogP contribution in [0, 0.1) is 5.82 Å². The number of halogens is 2. The van der Waals surface area contributed by atoms with E-state index >= 15 is 0 Å². The summed E-state index contributed by atoms with van der Waals surface area (Å²) in [5.41, 5.74) is 2.66. The first-order chi connectivity index (χ1) is 10.7. The molecule has 0 N–H and O–H groups in total. The largest absolute Gasteiger partial charge is 0.300 e. The van der Waals surface area contributed by atoms with E-state index in [-0.39, 0.29) is 5.82 Å². The molecule has 0 saturated carbocycles. The van der Waals surface area contributed by atoms with Crippen LogP contribution < -0.4 is 0 Å². The predicted octanol–water partition coefficient (Wildman–Crippen LogP) is 4.09. The Hall–Kier alpha value is -2.47. The topological polar surface area (TPSA) is 35.1 Å². The Morgan fingerprint density at radius 1 is 1.00 bits per heavy atom. The molecule has 4 nitrogen and oxygen atoms in total. The lowest BCUT2D eigenvalue weighted by Crippen LogP contribution is -1.97. The summed E-state index contributed by atoms with van der Waals surface area (Å²) in [5.74, 6) is 0.531. The van der Waals surface area contributed by atoms with Gasteiger partial charge in [-0.2, -0.15) is 0 Å². The maximum atomic E-state index is 13.1. The van der Waals surface area contributed by atoms with Crippen LogP contribution >= 0.6 is 15.9 Å². The lowest BCUT2D eigenvalue weighted by atomic mass is 10.2. The van der Waals surface area contributed by atoms with Crippen LogP contribution in [-0.2, 0) is 0 Å². The Labute approximate surface area is 134 Å². The fourth-order valence-corrected chi connectivity index (χ4v) is 2.80. The second-order valence-corrected chi connectivity index (χ2v) is 5.64. The highest BCUT2D eigenvalue weighted by atomic mass is 79.9. The van der Waals surface area contributed by atoms with Gasteiger partial charge in [0.2, 0.25) is 0 Å². The molecule has 22 heavy (non-hydrogen) atoms. The standard InChI is InChI=1S/C16H10BrFN4/c17-14-9-20-15-6-1-11(10-22(14)15)16-19-7-8-21(16)13-4-2-12(18)3-5-13/h1-10H. The van der Waals surface area contributed by atoms with Crippen LogP contribution in [0.25, 0.3) is 22.7 Å². The molecule has 0 fully saturated rings. The van der Waals surface area contributed by atoms with Crippen LogP contribution in [0.3, 0.4) is 0 Å². The number of hydrogen-bond acceptors (Lipinski definition) is 2. The van der Waals surface area contributed by atoms with Crippen molar-refractivity contribution in [1.29, 1.82) is 0 Å². The molecule has 0 radical (unpaired) electrons. The number of rotatable bonds is 2. The van der Waals surface area contributed by atoms with Gasteiger partial charge >= 0.3 is 0 Å². The van der Waals surface area contributed by atoms with Gasteiger partial charge in [0, 0.05) is 29.8 Å². The number of imidazole rings is 2. The number of fused-ring (bicyclic) bond motifs is 1. The summed E-state index contributed by atoms with van der Waals surface area (Å²) in [7, 11) is 0. The van der Waals surface area contributed by atoms with Crippen molar-refractivity contribution in [2.45, 2.75) is 0 Å². The zero-order valence-electron chi connectivity index (χ0n) is 11.3. The molecule has 6 heteroatoms. The Morgan fingerprint density at radius 2 is 1.82 bits per heavy atom. The highest BCUT2D eigenvalue weighted by Gasteiger charge is 2.10. The third-order valence-electron chi connectivity index (χ3n) is 3.46. The van der Waals surface area contributed by atoms with Crippen molar-refractivity contribution in [3.05, 3.63) is 71.6 Å². The Bertz CT molecular complexity index is 956. The van der Waals surface area contributed by atoms with E-state index in [0.717, 1.165) is 27.3 Å². The number of aromatic nitrogens is 4. The molecule has 0 bridgehead atoms. The van der Waals surface area contributed by atoms with Gasteiger partial charge in [0.05, 0.1) is 6.20 Å².